The molecular formula is C10H14BrN3O. The fraction of sp³-hybridized carbons (Fsp3) is 0.600. The molecule has 1 heterocycles. The molecule has 0 radical (unpaired) electrons. The lowest BCUT2D eigenvalue weighted by Crippen LogP contribution is -2.38. The molecule has 82 valence electrons. The molecule has 0 aliphatic heterocycles. The summed E-state index contributed by atoms with van der Waals surface area (Å²) >= 11 is 3.42. The van der Waals surface area contributed by atoms with Crippen LogP contribution in [0.5, 0.6) is 0 Å². The highest BCUT2D eigenvalue weighted by atomic mass is 79.9. The molecule has 1 aliphatic carbocycles. The molecule has 1 amide bonds. The normalized spacial score (nSPS) is 17.5. The molecule has 0 atom stereocenters. The van der Waals surface area contributed by atoms with Gasteiger partial charge < -0.3 is 5.32 Å². The third-order valence-corrected chi connectivity index (χ3v) is 4.04. The molecule has 0 unspecified atom stereocenters. The van der Waals surface area contributed by atoms with Gasteiger partial charge in [-0.05, 0) is 19.8 Å². The number of aromatic nitrogens is 2. The largest absolute Gasteiger partial charge is 0.346 e. The summed E-state index contributed by atoms with van der Waals surface area (Å²) in [5.74, 6) is -0.0162. The molecule has 1 aliphatic rings. The van der Waals surface area contributed by atoms with E-state index in [1.165, 1.54) is 0 Å². The lowest BCUT2D eigenvalue weighted by Gasteiger charge is -2.13. The first-order valence-corrected chi connectivity index (χ1v) is 6.07. The van der Waals surface area contributed by atoms with E-state index in [1.807, 2.05) is 14.0 Å². The summed E-state index contributed by atoms with van der Waals surface area (Å²) in [6.45, 7) is 1.90. The summed E-state index contributed by atoms with van der Waals surface area (Å²) in [4.78, 5) is 11.9. The fourth-order valence-electron chi connectivity index (χ4n) is 1.47. The van der Waals surface area contributed by atoms with Crippen molar-refractivity contribution in [2.24, 2.45) is 7.05 Å². The first kappa shape index (κ1) is 10.7. The molecule has 1 aromatic rings. The van der Waals surface area contributed by atoms with Gasteiger partial charge in [0.25, 0.3) is 5.91 Å². The van der Waals surface area contributed by atoms with Crippen LogP contribution in [-0.2, 0) is 7.05 Å². The average Bonchev–Trinajstić information content (AvgIpc) is 2.90. The Kier molecular flexibility index (Phi) is 2.58. The second-order valence-electron chi connectivity index (χ2n) is 4.14. The van der Waals surface area contributed by atoms with Crippen LogP contribution in [0.2, 0.25) is 0 Å². The Morgan fingerprint density at radius 1 is 1.73 bits per heavy atom. The van der Waals surface area contributed by atoms with E-state index in [0.717, 1.165) is 23.9 Å². The van der Waals surface area contributed by atoms with Gasteiger partial charge in [-0.3, -0.25) is 9.48 Å². The zero-order valence-corrected chi connectivity index (χ0v) is 10.5. The van der Waals surface area contributed by atoms with Gasteiger partial charge in [0.05, 0.1) is 17.3 Å². The molecule has 15 heavy (non-hydrogen) atoms. The predicted molar refractivity (Wildman–Crippen MR) is 61.2 cm³/mol. The van der Waals surface area contributed by atoms with Crippen molar-refractivity contribution in [1.82, 2.24) is 15.1 Å². The summed E-state index contributed by atoms with van der Waals surface area (Å²) in [5.41, 5.74) is 1.57. The van der Waals surface area contributed by atoms with Gasteiger partial charge >= 0.3 is 0 Å². The van der Waals surface area contributed by atoms with Crippen LogP contribution in [0.1, 0.15) is 28.9 Å². The van der Waals surface area contributed by atoms with Gasteiger partial charge in [-0.1, -0.05) is 15.9 Å². The number of hydrogen-bond donors (Lipinski definition) is 1. The van der Waals surface area contributed by atoms with Crippen molar-refractivity contribution in [2.45, 2.75) is 25.3 Å². The van der Waals surface area contributed by atoms with E-state index in [0.29, 0.717) is 5.56 Å². The zero-order valence-electron chi connectivity index (χ0n) is 8.88. The van der Waals surface area contributed by atoms with E-state index in [4.69, 9.17) is 0 Å². The van der Waals surface area contributed by atoms with Gasteiger partial charge in [-0.15, -0.1) is 0 Å². The molecule has 1 N–H and O–H groups in total. The highest BCUT2D eigenvalue weighted by Crippen LogP contribution is 2.37. The van der Waals surface area contributed by atoms with Gasteiger partial charge in [0.1, 0.15) is 0 Å². The Labute approximate surface area is 97.2 Å². The second kappa shape index (κ2) is 3.63. The van der Waals surface area contributed by atoms with Crippen molar-refractivity contribution in [3.63, 3.8) is 0 Å². The predicted octanol–water partition coefficient (Wildman–Crippen LogP) is 1.39. The average molecular weight is 272 g/mol. The van der Waals surface area contributed by atoms with Crippen molar-refractivity contribution < 1.29 is 4.79 Å². The molecule has 0 bridgehead atoms. The molecule has 1 aromatic heterocycles. The Morgan fingerprint density at radius 3 is 2.80 bits per heavy atom. The van der Waals surface area contributed by atoms with Crippen LogP contribution >= 0.6 is 15.9 Å². The summed E-state index contributed by atoms with van der Waals surface area (Å²) in [6, 6.07) is 0. The van der Waals surface area contributed by atoms with Crippen molar-refractivity contribution in [2.75, 3.05) is 5.33 Å². The highest BCUT2D eigenvalue weighted by molar-refractivity contribution is 9.09. The van der Waals surface area contributed by atoms with Crippen LogP contribution < -0.4 is 5.32 Å². The molecule has 0 spiro atoms. The van der Waals surface area contributed by atoms with Crippen LogP contribution in [0.25, 0.3) is 0 Å². The first-order valence-electron chi connectivity index (χ1n) is 4.95. The molecule has 0 aromatic carbocycles. The van der Waals surface area contributed by atoms with Crippen molar-refractivity contribution >= 4 is 21.8 Å². The standard InChI is InChI=1S/C10H14BrN3O/c1-7-8(5-12-14(7)2)9(15)13-10(6-11)3-4-10/h5H,3-4,6H2,1-2H3,(H,13,15). The topological polar surface area (TPSA) is 46.9 Å². The Balaban J connectivity index is 2.12. The van der Waals surface area contributed by atoms with Gasteiger partial charge in [-0.2, -0.15) is 5.10 Å². The van der Waals surface area contributed by atoms with Crippen LogP contribution in [0.3, 0.4) is 0 Å². The molecule has 4 nitrogen and oxygen atoms in total. The SMILES string of the molecule is Cc1c(C(=O)NC2(CBr)CC2)cnn1C. The zero-order chi connectivity index (χ0) is 11.1. The van der Waals surface area contributed by atoms with E-state index < -0.39 is 0 Å². The van der Waals surface area contributed by atoms with E-state index in [-0.39, 0.29) is 11.4 Å². The summed E-state index contributed by atoms with van der Waals surface area (Å²) in [5, 5.41) is 7.93. The molecule has 5 heteroatoms. The Bertz CT molecular complexity index is 395. The third kappa shape index (κ3) is 1.93. The highest BCUT2D eigenvalue weighted by Gasteiger charge is 2.43. The number of hydrogen-bond acceptors (Lipinski definition) is 2. The fourth-order valence-corrected chi connectivity index (χ4v) is 2.17. The van der Waals surface area contributed by atoms with Gasteiger partial charge in [-0.25, -0.2) is 0 Å². The van der Waals surface area contributed by atoms with Crippen LogP contribution in [0.4, 0.5) is 0 Å². The maximum atomic E-state index is 11.9. The van der Waals surface area contributed by atoms with Crippen molar-refractivity contribution in [1.29, 1.82) is 0 Å². The Morgan fingerprint density at radius 2 is 2.40 bits per heavy atom. The maximum Gasteiger partial charge on any atom is 0.255 e. The van der Waals surface area contributed by atoms with Crippen molar-refractivity contribution in [3.05, 3.63) is 17.5 Å². The van der Waals surface area contributed by atoms with Gasteiger partial charge in [0, 0.05) is 18.1 Å². The molecule has 0 saturated heterocycles. The number of carbonyl (C=O) groups excluding carboxylic acids is 1. The first-order chi connectivity index (χ1) is 7.08. The van der Waals surface area contributed by atoms with E-state index >= 15 is 0 Å². The van der Waals surface area contributed by atoms with Gasteiger partial charge in [0.15, 0.2) is 0 Å². The summed E-state index contributed by atoms with van der Waals surface area (Å²) in [7, 11) is 1.84. The third-order valence-electron chi connectivity index (χ3n) is 2.97. The minimum atomic E-state index is -0.0162. The Hall–Kier alpha value is -0.840. The van der Waals surface area contributed by atoms with Crippen LogP contribution in [-0.4, -0.2) is 26.6 Å². The molecular weight excluding hydrogens is 258 g/mol. The van der Waals surface area contributed by atoms with E-state index in [1.54, 1.807) is 10.9 Å². The molecule has 1 fully saturated rings. The minimum Gasteiger partial charge on any atom is -0.346 e. The van der Waals surface area contributed by atoms with Crippen LogP contribution in [0, 0.1) is 6.92 Å². The number of alkyl halides is 1. The number of halogens is 1. The summed E-state index contributed by atoms with van der Waals surface area (Å²) in [6.07, 6.45) is 3.74. The quantitative estimate of drug-likeness (QED) is 0.845. The molecule has 1 saturated carbocycles. The summed E-state index contributed by atoms with van der Waals surface area (Å²) < 4.78 is 1.71. The lowest BCUT2D eigenvalue weighted by molar-refractivity contribution is 0.0936. The van der Waals surface area contributed by atoms with E-state index in [9.17, 15) is 4.79 Å². The molecule has 2 rings (SSSR count). The van der Waals surface area contributed by atoms with Gasteiger partial charge in [0.2, 0.25) is 0 Å². The number of aryl methyl sites for hydroxylation is 1. The minimum absolute atomic E-state index is 0.000630. The lowest BCUT2D eigenvalue weighted by atomic mass is 10.2. The number of rotatable bonds is 3. The monoisotopic (exact) mass is 271 g/mol. The number of nitrogens with one attached hydrogen (secondary N) is 1. The number of carbonyl (C=O) groups is 1. The van der Waals surface area contributed by atoms with Crippen molar-refractivity contribution in [3.8, 4) is 0 Å². The number of amides is 1. The number of nitrogens with zero attached hydrogens (tertiary/aromatic N) is 2. The maximum absolute atomic E-state index is 11.9. The second-order valence-corrected chi connectivity index (χ2v) is 4.70. The van der Waals surface area contributed by atoms with Crippen LogP contribution in [0.15, 0.2) is 6.20 Å². The van der Waals surface area contributed by atoms with E-state index in [2.05, 4.69) is 26.3 Å². The smallest absolute Gasteiger partial charge is 0.255 e.